The summed E-state index contributed by atoms with van der Waals surface area (Å²) in [4.78, 5) is 23.3. The molecule has 0 fully saturated rings. The molecule has 92 valence electrons. The average Bonchev–Trinajstić information content (AvgIpc) is 2.32. The lowest BCUT2D eigenvalue weighted by molar-refractivity contribution is 0.531. The first kappa shape index (κ1) is 13.2. The van der Waals surface area contributed by atoms with Gasteiger partial charge in [-0.2, -0.15) is 5.26 Å². The van der Waals surface area contributed by atoms with Gasteiger partial charge in [-0.15, -0.1) is 0 Å². The van der Waals surface area contributed by atoms with Gasteiger partial charge in [-0.25, -0.2) is 4.79 Å². The summed E-state index contributed by atoms with van der Waals surface area (Å²) >= 11 is 0. The van der Waals surface area contributed by atoms with Gasteiger partial charge in [-0.1, -0.05) is 0 Å². The summed E-state index contributed by atoms with van der Waals surface area (Å²) in [6, 6.07) is 3.41. The Balaban J connectivity index is 2.81. The molecule has 1 aromatic heterocycles. The molecule has 0 atom stereocenters. The highest BCUT2D eigenvalue weighted by atomic mass is 16.2. The number of rotatable bonds is 6. The van der Waals surface area contributed by atoms with Crippen LogP contribution < -0.4 is 17.0 Å². The minimum atomic E-state index is -0.333. The Hall–Kier alpha value is -1.87. The van der Waals surface area contributed by atoms with Crippen LogP contribution in [0.15, 0.2) is 21.9 Å². The summed E-state index contributed by atoms with van der Waals surface area (Å²) in [6.45, 7) is 1.01. The van der Waals surface area contributed by atoms with Gasteiger partial charge in [0.1, 0.15) is 0 Å². The van der Waals surface area contributed by atoms with E-state index in [1.54, 1.807) is 0 Å². The van der Waals surface area contributed by atoms with E-state index in [9.17, 15) is 9.59 Å². The number of aromatic nitrogens is 2. The fourth-order valence-electron chi connectivity index (χ4n) is 1.55. The highest BCUT2D eigenvalue weighted by Crippen LogP contribution is 1.95. The van der Waals surface area contributed by atoms with E-state index < -0.39 is 0 Å². The highest BCUT2D eigenvalue weighted by Gasteiger charge is 2.03. The second-order valence-corrected chi connectivity index (χ2v) is 3.69. The zero-order chi connectivity index (χ0) is 12.7. The molecule has 0 bridgehead atoms. The zero-order valence-corrected chi connectivity index (χ0v) is 9.63. The third kappa shape index (κ3) is 3.57. The summed E-state index contributed by atoms with van der Waals surface area (Å²) < 4.78 is 2.61. The molecule has 0 saturated carbocycles. The van der Waals surface area contributed by atoms with Crippen LogP contribution in [0, 0.1) is 11.3 Å². The Labute approximate surface area is 98.9 Å². The number of nitrogens with two attached hydrogens (primary N) is 1. The molecule has 0 aliphatic carbocycles. The maximum Gasteiger partial charge on any atom is 0.331 e. The van der Waals surface area contributed by atoms with Gasteiger partial charge in [-0.3, -0.25) is 9.36 Å². The van der Waals surface area contributed by atoms with Crippen LogP contribution in [-0.4, -0.2) is 15.7 Å². The maximum absolute atomic E-state index is 11.8. The zero-order valence-electron chi connectivity index (χ0n) is 9.63. The van der Waals surface area contributed by atoms with Gasteiger partial charge in [0.2, 0.25) is 0 Å². The van der Waals surface area contributed by atoms with Gasteiger partial charge < -0.3 is 10.3 Å². The van der Waals surface area contributed by atoms with Crippen molar-refractivity contribution in [3.8, 4) is 6.07 Å². The van der Waals surface area contributed by atoms with E-state index in [0.717, 1.165) is 17.4 Å². The normalized spacial score (nSPS) is 10.1. The molecule has 0 spiro atoms. The lowest BCUT2D eigenvalue weighted by atomic mass is 10.2. The molecule has 0 radical (unpaired) electrons. The van der Waals surface area contributed by atoms with E-state index in [1.165, 1.54) is 16.8 Å². The molecule has 2 N–H and O–H groups in total. The third-order valence-electron chi connectivity index (χ3n) is 2.43. The van der Waals surface area contributed by atoms with Crippen molar-refractivity contribution in [1.82, 2.24) is 9.13 Å². The minimum Gasteiger partial charge on any atom is -0.329 e. The molecule has 1 rings (SSSR count). The number of hydrogen-bond acceptors (Lipinski definition) is 4. The molecule has 1 heterocycles. The minimum absolute atomic E-state index is 0.233. The number of nitrogens with zero attached hydrogens (tertiary/aromatic N) is 3. The van der Waals surface area contributed by atoms with Crippen LogP contribution in [0.2, 0.25) is 0 Å². The Kier molecular flexibility index (Phi) is 5.17. The van der Waals surface area contributed by atoms with Crippen molar-refractivity contribution in [3.63, 3.8) is 0 Å². The molecule has 0 aliphatic rings. The molecular formula is C11H16N4O2. The average molecular weight is 236 g/mol. The topological polar surface area (TPSA) is 93.8 Å². The predicted octanol–water partition coefficient (Wildman–Crippen LogP) is -0.337. The standard InChI is InChI=1S/C11H16N4O2/c12-5-2-1-3-7-14-8-4-10(16)15(9-6-13)11(14)17/h4,8H,1-3,6-7,9,13H2. The van der Waals surface area contributed by atoms with Crippen molar-refractivity contribution in [3.05, 3.63) is 33.1 Å². The van der Waals surface area contributed by atoms with E-state index >= 15 is 0 Å². The number of unbranched alkanes of at least 4 members (excludes halogenated alkanes) is 2. The number of aryl methyl sites for hydroxylation is 1. The van der Waals surface area contributed by atoms with Gasteiger partial charge >= 0.3 is 5.69 Å². The van der Waals surface area contributed by atoms with Crippen LogP contribution in [-0.2, 0) is 13.1 Å². The monoisotopic (exact) mass is 236 g/mol. The van der Waals surface area contributed by atoms with Crippen LogP contribution >= 0.6 is 0 Å². The molecular weight excluding hydrogens is 220 g/mol. The van der Waals surface area contributed by atoms with Gasteiger partial charge in [0, 0.05) is 38.3 Å². The fraction of sp³-hybridized carbons (Fsp3) is 0.545. The SMILES string of the molecule is N#CCCCCn1ccc(=O)n(CCN)c1=O. The van der Waals surface area contributed by atoms with Crippen molar-refractivity contribution < 1.29 is 0 Å². The van der Waals surface area contributed by atoms with Crippen molar-refractivity contribution in [2.45, 2.75) is 32.4 Å². The van der Waals surface area contributed by atoms with Crippen LogP contribution in [0.4, 0.5) is 0 Å². The van der Waals surface area contributed by atoms with E-state index in [0.29, 0.717) is 13.0 Å². The van der Waals surface area contributed by atoms with Gasteiger partial charge in [0.25, 0.3) is 5.56 Å². The molecule has 6 heteroatoms. The summed E-state index contributed by atoms with van der Waals surface area (Å²) in [6.07, 6.45) is 3.47. The number of hydrogen-bond donors (Lipinski definition) is 1. The van der Waals surface area contributed by atoms with Crippen molar-refractivity contribution >= 4 is 0 Å². The Morgan fingerprint density at radius 1 is 1.29 bits per heavy atom. The first-order valence-corrected chi connectivity index (χ1v) is 5.58. The van der Waals surface area contributed by atoms with Crippen LogP contribution in [0.25, 0.3) is 0 Å². The molecule has 1 aromatic rings. The van der Waals surface area contributed by atoms with Crippen LogP contribution in [0.3, 0.4) is 0 Å². The van der Waals surface area contributed by atoms with Gasteiger partial charge in [-0.05, 0) is 12.8 Å². The molecule has 17 heavy (non-hydrogen) atoms. The second kappa shape index (κ2) is 6.66. The van der Waals surface area contributed by atoms with Crippen LogP contribution in [0.5, 0.6) is 0 Å². The molecule has 0 amide bonds. The van der Waals surface area contributed by atoms with Gasteiger partial charge in [0.05, 0.1) is 6.07 Å². The quantitative estimate of drug-likeness (QED) is 0.684. The van der Waals surface area contributed by atoms with Crippen molar-refractivity contribution in [2.75, 3.05) is 6.54 Å². The lowest BCUT2D eigenvalue weighted by Gasteiger charge is -2.08. The first-order valence-electron chi connectivity index (χ1n) is 5.58. The van der Waals surface area contributed by atoms with Crippen molar-refractivity contribution in [1.29, 1.82) is 5.26 Å². The highest BCUT2D eigenvalue weighted by molar-refractivity contribution is 4.86. The summed E-state index contributed by atoms with van der Waals surface area (Å²) in [5, 5.41) is 8.39. The largest absolute Gasteiger partial charge is 0.331 e. The summed E-state index contributed by atoms with van der Waals surface area (Å²) in [5.74, 6) is 0. The molecule has 0 saturated heterocycles. The summed E-state index contributed by atoms with van der Waals surface area (Å²) in [5.41, 5.74) is 4.69. The molecule has 0 unspecified atom stereocenters. The molecule has 0 aliphatic heterocycles. The van der Waals surface area contributed by atoms with E-state index in [-0.39, 0.29) is 24.3 Å². The fourth-order valence-corrected chi connectivity index (χ4v) is 1.55. The predicted molar refractivity (Wildman–Crippen MR) is 63.5 cm³/mol. The number of nitriles is 1. The summed E-state index contributed by atoms with van der Waals surface area (Å²) in [7, 11) is 0. The van der Waals surface area contributed by atoms with Gasteiger partial charge in [0.15, 0.2) is 0 Å². The Morgan fingerprint density at radius 2 is 2.06 bits per heavy atom. The maximum atomic E-state index is 11.8. The van der Waals surface area contributed by atoms with E-state index in [2.05, 4.69) is 6.07 Å². The van der Waals surface area contributed by atoms with Crippen molar-refractivity contribution in [2.24, 2.45) is 5.73 Å². The smallest absolute Gasteiger partial charge is 0.329 e. The van der Waals surface area contributed by atoms with E-state index in [4.69, 9.17) is 11.0 Å². The first-order chi connectivity index (χ1) is 8.20. The molecule has 0 aromatic carbocycles. The Bertz CT molecular complexity index is 509. The molecule has 6 nitrogen and oxygen atoms in total. The Morgan fingerprint density at radius 3 is 2.71 bits per heavy atom. The lowest BCUT2D eigenvalue weighted by Crippen LogP contribution is -2.40. The van der Waals surface area contributed by atoms with E-state index in [1.807, 2.05) is 0 Å². The second-order valence-electron chi connectivity index (χ2n) is 3.69. The third-order valence-corrected chi connectivity index (χ3v) is 2.43. The van der Waals surface area contributed by atoms with Crippen LogP contribution in [0.1, 0.15) is 19.3 Å².